The molecule has 0 aliphatic carbocycles. The number of ether oxygens (including phenoxy) is 1. The number of rotatable bonds is 7. The molecular weight excluding hydrogens is 606 g/mol. The fourth-order valence-corrected chi connectivity index (χ4v) is 5.56. The summed E-state index contributed by atoms with van der Waals surface area (Å²) in [6, 6.07) is 12.0. The van der Waals surface area contributed by atoms with Crippen LogP contribution in [0.5, 0.6) is 0 Å². The van der Waals surface area contributed by atoms with Gasteiger partial charge in [-0.05, 0) is 61.0 Å². The van der Waals surface area contributed by atoms with Crippen LogP contribution in [0.25, 0.3) is 0 Å². The van der Waals surface area contributed by atoms with Crippen LogP contribution in [0.2, 0.25) is 10.0 Å². The average molecular weight is 622 g/mol. The van der Waals surface area contributed by atoms with Gasteiger partial charge in [-0.25, -0.2) is 14.7 Å². The van der Waals surface area contributed by atoms with E-state index in [4.69, 9.17) is 27.9 Å². The first kappa shape index (κ1) is 30.0. The number of carbonyl (C=O) groups excluding carboxylic acids is 4. The second-order valence-corrected chi connectivity index (χ2v) is 10.7. The quantitative estimate of drug-likeness (QED) is 0.178. The third-order valence-corrected chi connectivity index (χ3v) is 7.59. The number of carbonyl (C=O) groups is 4. The van der Waals surface area contributed by atoms with Gasteiger partial charge in [-0.15, -0.1) is 0 Å². The summed E-state index contributed by atoms with van der Waals surface area (Å²) in [4.78, 5) is 54.9. The highest BCUT2D eigenvalue weighted by Crippen LogP contribution is 2.38. The molecule has 1 fully saturated rings. The number of alkyl halides is 3. The maximum atomic E-state index is 13.3. The van der Waals surface area contributed by atoms with Crippen molar-refractivity contribution in [3.63, 3.8) is 0 Å². The van der Waals surface area contributed by atoms with Crippen LogP contribution in [-0.4, -0.2) is 40.4 Å². The monoisotopic (exact) mass is 621 g/mol. The van der Waals surface area contributed by atoms with Crippen molar-refractivity contribution in [2.75, 3.05) is 11.5 Å². The number of aromatic nitrogens is 1. The van der Waals surface area contributed by atoms with E-state index in [0.717, 1.165) is 11.0 Å². The van der Waals surface area contributed by atoms with Crippen LogP contribution in [0.1, 0.15) is 44.0 Å². The highest BCUT2D eigenvalue weighted by molar-refractivity contribution is 8.00. The Labute approximate surface area is 245 Å². The highest BCUT2D eigenvalue weighted by Gasteiger charge is 2.42. The zero-order valence-corrected chi connectivity index (χ0v) is 23.1. The number of nitrogens with zero attached hydrogens (tertiary/aromatic N) is 3. The third-order valence-electron chi connectivity index (χ3n) is 5.87. The van der Waals surface area contributed by atoms with Gasteiger partial charge >= 0.3 is 12.1 Å². The molecule has 3 aromatic rings. The largest absolute Gasteiger partial charge is 0.454 e. The van der Waals surface area contributed by atoms with Crippen molar-refractivity contribution in [3.05, 3.63) is 86.5 Å². The molecule has 1 aliphatic heterocycles. The SMILES string of the molecule is Cc1cc(C(F)(F)F)nc(SC2CC(=O)N(c3ccc(C(=O)OCC(=O)c4ccc(Cl)cc4Cl)cc3)C2=O)c1C#N. The fraction of sp³-hybridized carbons (Fsp3) is 0.185. The summed E-state index contributed by atoms with van der Waals surface area (Å²) in [5.41, 5.74) is -1.05. The van der Waals surface area contributed by atoms with Crippen LogP contribution < -0.4 is 4.90 Å². The van der Waals surface area contributed by atoms with Crippen LogP contribution in [-0.2, 0) is 20.5 Å². The first-order valence-corrected chi connectivity index (χ1v) is 13.2. The van der Waals surface area contributed by atoms with E-state index in [2.05, 4.69) is 4.98 Å². The van der Waals surface area contributed by atoms with Gasteiger partial charge in [0.2, 0.25) is 17.6 Å². The van der Waals surface area contributed by atoms with Crippen molar-refractivity contribution in [2.24, 2.45) is 0 Å². The standard InChI is InChI=1S/C27H16Cl2F3N3O5S/c1-13-8-22(27(30,31)32)34-24(18(13)11-33)41-21-10-23(37)35(25(21)38)16-5-2-14(3-6-16)26(39)40-12-20(36)17-7-4-15(28)9-19(17)29/h2-9,21H,10,12H2,1H3. The maximum Gasteiger partial charge on any atom is 0.433 e. The number of anilines is 1. The van der Waals surface area contributed by atoms with Gasteiger partial charge in [0, 0.05) is 17.0 Å². The number of imide groups is 1. The summed E-state index contributed by atoms with van der Waals surface area (Å²) in [5.74, 6) is -2.76. The number of hydrogen-bond acceptors (Lipinski definition) is 8. The number of thioether (sulfide) groups is 1. The van der Waals surface area contributed by atoms with E-state index in [9.17, 15) is 37.6 Å². The van der Waals surface area contributed by atoms with Gasteiger partial charge in [0.05, 0.1) is 27.1 Å². The molecule has 4 rings (SSSR count). The number of benzene rings is 2. The molecule has 210 valence electrons. The molecular formula is C27H16Cl2F3N3O5S. The van der Waals surface area contributed by atoms with E-state index in [0.29, 0.717) is 16.8 Å². The lowest BCUT2D eigenvalue weighted by Crippen LogP contribution is -2.31. The molecule has 0 N–H and O–H groups in total. The smallest absolute Gasteiger partial charge is 0.433 e. The normalized spacial score (nSPS) is 15.1. The highest BCUT2D eigenvalue weighted by atomic mass is 35.5. The maximum absolute atomic E-state index is 13.3. The van der Waals surface area contributed by atoms with E-state index < -0.39 is 47.3 Å². The molecule has 8 nitrogen and oxygen atoms in total. The Hall–Kier alpha value is -3.92. The zero-order valence-electron chi connectivity index (χ0n) is 20.8. The van der Waals surface area contributed by atoms with Gasteiger partial charge in [-0.2, -0.15) is 18.4 Å². The van der Waals surface area contributed by atoms with Crippen molar-refractivity contribution >= 4 is 64.2 Å². The number of aryl methyl sites for hydroxylation is 1. The lowest BCUT2D eigenvalue weighted by Gasteiger charge is -2.16. The molecule has 1 unspecified atom stereocenters. The van der Waals surface area contributed by atoms with Gasteiger partial charge in [0.1, 0.15) is 16.8 Å². The molecule has 41 heavy (non-hydrogen) atoms. The molecule has 14 heteroatoms. The Morgan fingerprint density at radius 3 is 2.44 bits per heavy atom. The van der Waals surface area contributed by atoms with Gasteiger partial charge in [0.25, 0.3) is 0 Å². The van der Waals surface area contributed by atoms with Crippen LogP contribution in [0.15, 0.2) is 53.6 Å². The van der Waals surface area contributed by atoms with Crippen molar-refractivity contribution in [2.45, 2.75) is 29.8 Å². The summed E-state index contributed by atoms with van der Waals surface area (Å²) in [6.45, 7) is 0.723. The Bertz CT molecular complexity index is 1620. The summed E-state index contributed by atoms with van der Waals surface area (Å²) in [5, 5.41) is 8.42. The number of hydrogen-bond donors (Lipinski definition) is 0. The second kappa shape index (κ2) is 11.9. The van der Waals surface area contributed by atoms with E-state index in [-0.39, 0.29) is 44.4 Å². The molecule has 0 radical (unpaired) electrons. The third kappa shape index (κ3) is 6.53. The van der Waals surface area contributed by atoms with Crippen molar-refractivity contribution in [3.8, 4) is 6.07 Å². The van der Waals surface area contributed by atoms with Gasteiger partial charge in [0.15, 0.2) is 6.61 Å². The van der Waals surface area contributed by atoms with Crippen molar-refractivity contribution < 1.29 is 37.1 Å². The van der Waals surface area contributed by atoms with E-state index >= 15 is 0 Å². The average Bonchev–Trinajstić information content (AvgIpc) is 3.18. The number of ketones is 1. The first-order chi connectivity index (χ1) is 19.3. The number of halogens is 5. The van der Waals surface area contributed by atoms with E-state index in [1.54, 1.807) is 6.07 Å². The minimum atomic E-state index is -4.77. The molecule has 1 saturated heterocycles. The Morgan fingerprint density at radius 1 is 1.15 bits per heavy atom. The first-order valence-electron chi connectivity index (χ1n) is 11.6. The number of Topliss-reactive ketones (excluding diaryl/α,β-unsaturated/α-hetero) is 1. The van der Waals surface area contributed by atoms with E-state index in [1.165, 1.54) is 49.4 Å². The van der Waals surface area contributed by atoms with Crippen LogP contribution >= 0.6 is 35.0 Å². The van der Waals surface area contributed by atoms with E-state index in [1.807, 2.05) is 0 Å². The number of esters is 1. The van der Waals surface area contributed by atoms with Gasteiger partial charge in [-0.3, -0.25) is 14.4 Å². The van der Waals surface area contributed by atoms with Crippen LogP contribution in [0.3, 0.4) is 0 Å². The Morgan fingerprint density at radius 2 is 1.83 bits per heavy atom. The van der Waals surface area contributed by atoms with Crippen LogP contribution in [0.4, 0.5) is 18.9 Å². The topological polar surface area (TPSA) is 117 Å². The second-order valence-electron chi connectivity index (χ2n) is 8.66. The predicted molar refractivity (Wildman–Crippen MR) is 143 cm³/mol. The van der Waals surface area contributed by atoms with Crippen molar-refractivity contribution in [1.82, 2.24) is 4.98 Å². The lowest BCUT2D eigenvalue weighted by molar-refractivity contribution is -0.141. The summed E-state index contributed by atoms with van der Waals surface area (Å²) in [6.07, 6.45) is -5.11. The summed E-state index contributed by atoms with van der Waals surface area (Å²) < 4.78 is 44.8. The molecule has 0 spiro atoms. The minimum Gasteiger partial charge on any atom is -0.454 e. The molecule has 2 amide bonds. The molecule has 2 heterocycles. The number of nitriles is 1. The zero-order chi connectivity index (χ0) is 30.1. The molecule has 0 bridgehead atoms. The van der Waals surface area contributed by atoms with Crippen molar-refractivity contribution in [1.29, 1.82) is 5.26 Å². The number of pyridine rings is 1. The fourth-order valence-electron chi connectivity index (χ4n) is 3.87. The molecule has 0 saturated carbocycles. The Kier molecular flexibility index (Phi) is 8.72. The summed E-state index contributed by atoms with van der Waals surface area (Å²) in [7, 11) is 0. The minimum absolute atomic E-state index is 0.0241. The molecule has 2 aromatic carbocycles. The lowest BCUT2D eigenvalue weighted by atomic mass is 10.1. The predicted octanol–water partition coefficient (Wildman–Crippen LogP) is 6.05. The van der Waals surface area contributed by atoms with Gasteiger partial charge < -0.3 is 4.74 Å². The van der Waals surface area contributed by atoms with Crippen LogP contribution in [0, 0.1) is 18.3 Å². The molecule has 1 atom stereocenters. The van der Waals surface area contributed by atoms with Gasteiger partial charge in [-0.1, -0.05) is 35.0 Å². The number of amides is 2. The Balaban J connectivity index is 1.45. The molecule has 1 aromatic heterocycles. The molecule has 1 aliphatic rings. The summed E-state index contributed by atoms with van der Waals surface area (Å²) >= 11 is 12.4.